The van der Waals surface area contributed by atoms with Crippen LogP contribution in [0.2, 0.25) is 0 Å². The molecular weight excluding hydrogens is 799 g/mol. The third kappa shape index (κ3) is 8.07. The van der Waals surface area contributed by atoms with E-state index in [0.29, 0.717) is 62.5 Å². The molecule has 19 nitrogen and oxygen atoms in total. The molecule has 286 valence electrons. The first kappa shape index (κ1) is 38.1. The molecule has 6 N–H and O–H groups in total. The van der Waals surface area contributed by atoms with Crippen LogP contribution in [0.5, 0.6) is 0 Å². The fourth-order valence-electron chi connectivity index (χ4n) is 6.03. The molecular formula is C30H35N13O6S5. The number of nitrogens with zero attached hydrogens (tertiary/aromatic N) is 9. The lowest BCUT2D eigenvalue weighted by molar-refractivity contribution is -0.149. The number of thiazole rings is 2. The van der Waals surface area contributed by atoms with Crippen LogP contribution in [0.15, 0.2) is 38.5 Å². The number of hydrogen-bond acceptors (Lipinski definition) is 19. The van der Waals surface area contributed by atoms with Gasteiger partial charge in [-0.1, -0.05) is 11.8 Å². The Balaban J connectivity index is 1.16. The Morgan fingerprint density at radius 1 is 1.04 bits per heavy atom. The largest absolute Gasteiger partial charge is 0.456 e. The molecule has 0 aromatic carbocycles. The van der Waals surface area contributed by atoms with Gasteiger partial charge in [-0.2, -0.15) is 0 Å². The van der Waals surface area contributed by atoms with E-state index in [9.17, 15) is 19.2 Å². The van der Waals surface area contributed by atoms with E-state index in [4.69, 9.17) is 16.2 Å². The van der Waals surface area contributed by atoms with Crippen molar-refractivity contribution < 1.29 is 28.7 Å². The second kappa shape index (κ2) is 16.2. The smallest absolute Gasteiger partial charge is 0.355 e. The van der Waals surface area contributed by atoms with Crippen molar-refractivity contribution in [3.63, 3.8) is 0 Å². The molecule has 0 aliphatic carbocycles. The van der Waals surface area contributed by atoms with Gasteiger partial charge in [0.1, 0.15) is 34.8 Å². The Morgan fingerprint density at radius 2 is 1.76 bits per heavy atom. The molecule has 1 unspecified atom stereocenters. The van der Waals surface area contributed by atoms with Crippen molar-refractivity contribution in [3.8, 4) is 0 Å². The number of fused-ring (bicyclic) bond motifs is 1. The molecule has 1 fully saturated rings. The highest BCUT2D eigenvalue weighted by Gasteiger charge is 2.56. The molecule has 7 heterocycles. The number of cyclic esters (lactones) is 1. The standard InChI is InChI=1S/C30H35N13O6S5/c1-40(2)3-4-41-30(37-38-39-41)54-11-15-10-51-26-21(36-19(45)6-17-13-53-29(32)35-17)24(46)43(26)22(15)25(47)42-20(50-9-14-8-49-27(48)23(14)42)7-33-18(44)5-16-12-52-28(31)34-16/h12-13,20-21,26H,3-11H2,1-2H3,(H2,31,34)(H2,32,35)(H,33,44)(H,36,45)/t20?,21-,26-/m1/s1. The number of anilines is 2. The van der Waals surface area contributed by atoms with Crippen LogP contribution in [-0.4, -0.2) is 142 Å². The molecule has 7 rings (SSSR count). The average Bonchev–Trinajstić information content (AvgIpc) is 3.95. The third-order valence-electron chi connectivity index (χ3n) is 8.60. The van der Waals surface area contributed by atoms with Crippen LogP contribution >= 0.6 is 58.0 Å². The number of thioether (sulfide) groups is 3. The number of ether oxygens (including phenoxy) is 1. The number of carbonyl (C=O) groups excluding carboxylic acids is 5. The summed E-state index contributed by atoms with van der Waals surface area (Å²) in [6.45, 7) is 1.27. The summed E-state index contributed by atoms with van der Waals surface area (Å²) in [5.41, 5.74) is 13.9. The molecule has 24 heteroatoms. The number of esters is 1. The minimum Gasteiger partial charge on any atom is -0.456 e. The monoisotopic (exact) mass is 833 g/mol. The van der Waals surface area contributed by atoms with E-state index in [0.717, 1.165) is 0 Å². The predicted molar refractivity (Wildman–Crippen MR) is 204 cm³/mol. The fourth-order valence-corrected chi connectivity index (χ4v) is 10.7. The summed E-state index contributed by atoms with van der Waals surface area (Å²) < 4.78 is 7.05. The minimum atomic E-state index is -0.898. The predicted octanol–water partition coefficient (Wildman–Crippen LogP) is -0.628. The van der Waals surface area contributed by atoms with Crippen LogP contribution in [0.3, 0.4) is 0 Å². The van der Waals surface area contributed by atoms with Gasteiger partial charge < -0.3 is 31.7 Å². The van der Waals surface area contributed by atoms with E-state index >= 15 is 4.79 Å². The molecule has 1 saturated heterocycles. The summed E-state index contributed by atoms with van der Waals surface area (Å²) in [5.74, 6) is -1.47. The van der Waals surface area contributed by atoms with E-state index < -0.39 is 40.5 Å². The van der Waals surface area contributed by atoms with Crippen molar-refractivity contribution in [1.82, 2.24) is 55.5 Å². The van der Waals surface area contributed by atoms with E-state index in [1.807, 2.05) is 19.0 Å². The van der Waals surface area contributed by atoms with E-state index in [1.54, 1.807) is 15.4 Å². The molecule has 0 spiro atoms. The highest BCUT2D eigenvalue weighted by Crippen LogP contribution is 2.44. The Morgan fingerprint density at radius 3 is 2.44 bits per heavy atom. The quantitative estimate of drug-likeness (QED) is 0.0897. The van der Waals surface area contributed by atoms with Crippen LogP contribution in [0.1, 0.15) is 11.4 Å². The lowest BCUT2D eigenvalue weighted by Gasteiger charge is -2.51. The number of tetrazole rings is 1. The number of nitrogens with two attached hydrogens (primary N) is 2. The first-order valence-electron chi connectivity index (χ1n) is 16.5. The van der Waals surface area contributed by atoms with Gasteiger partial charge in [0.2, 0.25) is 17.0 Å². The van der Waals surface area contributed by atoms with Crippen LogP contribution in [-0.2, 0) is 48.1 Å². The summed E-state index contributed by atoms with van der Waals surface area (Å²) in [5, 5.41) is 21.1. The Kier molecular flexibility index (Phi) is 11.4. The molecule has 0 saturated carbocycles. The molecule has 3 aromatic heterocycles. The highest BCUT2D eigenvalue weighted by molar-refractivity contribution is 8.01. The van der Waals surface area contributed by atoms with E-state index in [-0.39, 0.29) is 49.0 Å². The fraction of sp³-hybridized carbons (Fsp3) is 0.467. The maximum absolute atomic E-state index is 15.0. The maximum Gasteiger partial charge on any atom is 0.355 e. The number of rotatable bonds is 14. The SMILES string of the molecule is CN(C)CCn1nnnc1SCC1=C(C(=O)N2C3=C(COC3=O)CSC2CNC(=O)Cc2csc(N)n2)N2C(=O)[C@@H](NC(=O)Cc3csc(N)n3)[C@H]2SC1. The number of nitrogens with one attached hydrogen (secondary N) is 2. The Bertz CT molecular complexity index is 2050. The molecule has 3 aromatic rings. The number of nitrogen functional groups attached to an aromatic ring is 2. The average molecular weight is 834 g/mol. The molecule has 4 aliphatic rings. The lowest BCUT2D eigenvalue weighted by Crippen LogP contribution is -2.71. The second-order valence-corrected chi connectivity index (χ2v) is 17.7. The number of β-lactam (4-membered cyclic amide) rings is 1. The van der Waals surface area contributed by atoms with E-state index in [2.05, 4.69) is 36.1 Å². The second-order valence-electron chi connectivity index (χ2n) is 12.7. The summed E-state index contributed by atoms with van der Waals surface area (Å²) in [7, 11) is 3.89. The van der Waals surface area contributed by atoms with Crippen LogP contribution in [0.25, 0.3) is 0 Å². The summed E-state index contributed by atoms with van der Waals surface area (Å²) >= 11 is 6.56. The number of carbonyl (C=O) groups is 5. The zero-order valence-electron chi connectivity index (χ0n) is 28.9. The topological polar surface area (TPSA) is 250 Å². The van der Waals surface area contributed by atoms with Crippen molar-refractivity contribution in [2.45, 2.75) is 41.3 Å². The van der Waals surface area contributed by atoms with Gasteiger partial charge in [0.25, 0.3) is 11.8 Å². The van der Waals surface area contributed by atoms with Gasteiger partial charge in [0.15, 0.2) is 10.3 Å². The maximum atomic E-state index is 15.0. The van der Waals surface area contributed by atoms with Gasteiger partial charge >= 0.3 is 5.97 Å². The van der Waals surface area contributed by atoms with Gasteiger partial charge in [0.05, 0.1) is 30.8 Å². The van der Waals surface area contributed by atoms with Crippen molar-refractivity contribution in [2.75, 3.05) is 62.5 Å². The number of likely N-dealkylation sites (N-methyl/N-ethyl adjacent to an activating group) is 1. The van der Waals surface area contributed by atoms with Gasteiger partial charge in [-0.25, -0.2) is 19.4 Å². The number of amides is 4. The van der Waals surface area contributed by atoms with Gasteiger partial charge in [-0.3, -0.25) is 29.0 Å². The summed E-state index contributed by atoms with van der Waals surface area (Å²) in [4.78, 5) is 81.2. The Hall–Kier alpha value is -4.23. The van der Waals surface area contributed by atoms with E-state index in [1.165, 1.54) is 67.8 Å². The van der Waals surface area contributed by atoms with Crippen LogP contribution in [0, 0.1) is 0 Å². The normalized spacial score (nSPS) is 20.9. The van der Waals surface area contributed by atoms with Crippen molar-refractivity contribution in [3.05, 3.63) is 44.7 Å². The zero-order chi connectivity index (χ0) is 38.1. The molecule has 0 radical (unpaired) electrons. The summed E-state index contributed by atoms with van der Waals surface area (Å²) in [6.07, 6.45) is -0.0755. The lowest BCUT2D eigenvalue weighted by atomic mass is 10.0. The number of aromatic nitrogens is 6. The molecule has 3 atom stereocenters. The van der Waals surface area contributed by atoms with Crippen LogP contribution in [0.4, 0.5) is 10.3 Å². The highest BCUT2D eigenvalue weighted by atomic mass is 32.2. The first-order chi connectivity index (χ1) is 26.0. The molecule has 0 bridgehead atoms. The Labute approximate surface area is 329 Å². The first-order valence-corrected chi connectivity index (χ1v) is 21.3. The van der Waals surface area contributed by atoms with Crippen molar-refractivity contribution in [2.24, 2.45) is 0 Å². The third-order valence-corrected chi connectivity index (χ3v) is 13.7. The van der Waals surface area contributed by atoms with Crippen molar-refractivity contribution in [1.29, 1.82) is 0 Å². The minimum absolute atomic E-state index is 0.00285. The molecule has 4 aliphatic heterocycles. The van der Waals surface area contributed by atoms with Gasteiger partial charge in [-0.05, 0) is 30.1 Å². The zero-order valence-corrected chi connectivity index (χ0v) is 33.0. The van der Waals surface area contributed by atoms with Crippen molar-refractivity contribution >= 4 is 97.8 Å². The van der Waals surface area contributed by atoms with Gasteiger partial charge in [0, 0.05) is 46.7 Å². The molecule has 4 amide bonds. The molecule has 54 heavy (non-hydrogen) atoms. The number of hydrogen-bond donors (Lipinski definition) is 4. The summed E-state index contributed by atoms with van der Waals surface area (Å²) in [6, 6.07) is -0.898. The van der Waals surface area contributed by atoms with Gasteiger partial charge in [-0.15, -0.1) is 51.3 Å². The van der Waals surface area contributed by atoms with Crippen LogP contribution < -0.4 is 22.1 Å².